The molecule has 1 heterocycles. The van der Waals surface area contributed by atoms with Gasteiger partial charge in [-0.15, -0.1) is 0 Å². The predicted octanol–water partition coefficient (Wildman–Crippen LogP) is 13.4. The van der Waals surface area contributed by atoms with E-state index in [1.165, 1.54) is 94.3 Å². The second-order valence-electron chi connectivity index (χ2n) is 17.3. The fraction of sp³-hybridized carbons (Fsp3) is 0.192. The lowest BCUT2D eigenvalue weighted by Gasteiger charge is -2.44. The van der Waals surface area contributed by atoms with Crippen LogP contribution in [0, 0.1) is 5.41 Å². The van der Waals surface area contributed by atoms with Gasteiger partial charge in [0.2, 0.25) is 0 Å². The van der Waals surface area contributed by atoms with Crippen molar-refractivity contribution in [2.75, 3.05) is 0 Å². The zero-order chi connectivity index (χ0) is 36.1. The predicted molar refractivity (Wildman–Crippen MR) is 222 cm³/mol. The number of aromatic nitrogens is 1. The molecule has 0 radical (unpaired) electrons. The van der Waals surface area contributed by atoms with Crippen LogP contribution in [0.2, 0.25) is 0 Å². The Bertz CT molecular complexity index is 2810. The molecular weight excluding hydrogens is 639 g/mol. The molecule has 0 unspecified atom stereocenters. The number of nitrogens with zero attached hydrogens (tertiary/aromatic N) is 1. The SMILES string of the molecule is CC1(C)c2cc3c4cc(-c5cccc6c5-c5ccccc5C65c6ccccc6-c6ccccc65)ccc4n(-c4ccccc4)c3cc2C(C)(C)C1(C)C. The monoisotopic (exact) mass is 681 g/mol. The van der Waals surface area contributed by atoms with Gasteiger partial charge in [0, 0.05) is 16.5 Å². The van der Waals surface area contributed by atoms with Gasteiger partial charge in [0.25, 0.3) is 0 Å². The van der Waals surface area contributed by atoms with Crippen LogP contribution < -0.4 is 0 Å². The highest BCUT2D eigenvalue weighted by atomic mass is 15.0. The van der Waals surface area contributed by atoms with Gasteiger partial charge in [0.05, 0.1) is 16.4 Å². The fourth-order valence-electron chi connectivity index (χ4n) is 11.0. The minimum Gasteiger partial charge on any atom is -0.309 e. The first kappa shape index (κ1) is 30.9. The first-order chi connectivity index (χ1) is 25.6. The molecule has 3 aliphatic carbocycles. The number of fused-ring (bicyclic) bond motifs is 14. The van der Waals surface area contributed by atoms with Gasteiger partial charge in [-0.3, -0.25) is 0 Å². The van der Waals surface area contributed by atoms with E-state index in [4.69, 9.17) is 0 Å². The zero-order valence-corrected chi connectivity index (χ0v) is 31.4. The van der Waals surface area contributed by atoms with Crippen LogP contribution in [-0.4, -0.2) is 4.57 Å². The standard InChI is InChI=1S/C52H43N/c1-49(2)44-30-39-38-29-32(27-28-46(38)53(33-17-8-7-9-18-33)47(39)31-45(44)50(3,4)51(49,5)6)34-22-16-26-43-48(34)37-21-12-15-25-42(37)52(43)40-23-13-10-19-35(40)36-20-11-14-24-41(36)52/h7-31H,1-6H3. The first-order valence-corrected chi connectivity index (χ1v) is 19.2. The highest BCUT2D eigenvalue weighted by Crippen LogP contribution is 2.65. The summed E-state index contributed by atoms with van der Waals surface area (Å²) in [6, 6.07) is 57.6. The molecule has 1 heteroatoms. The first-order valence-electron chi connectivity index (χ1n) is 19.2. The molecule has 53 heavy (non-hydrogen) atoms. The summed E-state index contributed by atoms with van der Waals surface area (Å²) in [7, 11) is 0. The largest absolute Gasteiger partial charge is 0.309 e. The van der Waals surface area contributed by atoms with Crippen molar-refractivity contribution in [3.05, 3.63) is 185 Å². The van der Waals surface area contributed by atoms with Crippen molar-refractivity contribution in [1.29, 1.82) is 0 Å². The van der Waals surface area contributed by atoms with Crippen molar-refractivity contribution < 1.29 is 0 Å². The minimum atomic E-state index is -0.353. The van der Waals surface area contributed by atoms with Crippen molar-refractivity contribution in [1.82, 2.24) is 4.57 Å². The molecule has 0 bridgehead atoms. The van der Waals surface area contributed by atoms with E-state index in [1.54, 1.807) is 0 Å². The van der Waals surface area contributed by atoms with Crippen LogP contribution in [0.15, 0.2) is 152 Å². The molecule has 0 amide bonds. The van der Waals surface area contributed by atoms with Crippen molar-refractivity contribution in [2.45, 2.75) is 57.8 Å². The van der Waals surface area contributed by atoms with Gasteiger partial charge >= 0.3 is 0 Å². The van der Waals surface area contributed by atoms with Crippen molar-refractivity contribution in [3.8, 4) is 39.1 Å². The van der Waals surface area contributed by atoms with Crippen LogP contribution in [0.25, 0.3) is 60.9 Å². The molecule has 7 aromatic carbocycles. The van der Waals surface area contributed by atoms with Crippen LogP contribution in [0.4, 0.5) is 0 Å². The van der Waals surface area contributed by atoms with Crippen molar-refractivity contribution in [3.63, 3.8) is 0 Å². The molecule has 1 nitrogen and oxygen atoms in total. The maximum atomic E-state index is 2.55. The van der Waals surface area contributed by atoms with Crippen molar-refractivity contribution >= 4 is 21.8 Å². The summed E-state index contributed by atoms with van der Waals surface area (Å²) in [5, 5.41) is 2.63. The number of hydrogen-bond donors (Lipinski definition) is 0. The molecule has 11 rings (SSSR count). The third-order valence-electron chi connectivity index (χ3n) is 14.7. The lowest BCUT2D eigenvalue weighted by molar-refractivity contribution is 0.125. The van der Waals surface area contributed by atoms with E-state index in [1.807, 2.05) is 0 Å². The number of rotatable bonds is 2. The van der Waals surface area contributed by atoms with Gasteiger partial charge in [-0.2, -0.15) is 0 Å². The van der Waals surface area contributed by atoms with Crippen LogP contribution >= 0.6 is 0 Å². The topological polar surface area (TPSA) is 4.93 Å². The van der Waals surface area contributed by atoms with Gasteiger partial charge < -0.3 is 4.57 Å². The van der Waals surface area contributed by atoms with Gasteiger partial charge in [0.1, 0.15) is 0 Å². The lowest BCUT2D eigenvalue weighted by Crippen LogP contribution is -2.42. The van der Waals surface area contributed by atoms with Gasteiger partial charge in [-0.05, 0) is 119 Å². The molecule has 256 valence electrons. The van der Waals surface area contributed by atoms with Crippen molar-refractivity contribution in [2.24, 2.45) is 5.41 Å². The summed E-state index contributed by atoms with van der Waals surface area (Å²) < 4.78 is 2.50. The van der Waals surface area contributed by atoms with E-state index in [0.29, 0.717) is 0 Å². The Balaban J connectivity index is 1.21. The summed E-state index contributed by atoms with van der Waals surface area (Å²) in [4.78, 5) is 0. The molecule has 0 aliphatic heterocycles. The fourth-order valence-corrected chi connectivity index (χ4v) is 11.0. The molecule has 0 N–H and O–H groups in total. The average Bonchev–Trinajstić information content (AvgIpc) is 3.81. The highest BCUT2D eigenvalue weighted by Gasteiger charge is 2.57. The molecule has 0 atom stereocenters. The Morgan fingerprint density at radius 3 is 1.55 bits per heavy atom. The summed E-state index contributed by atoms with van der Waals surface area (Å²) in [6.45, 7) is 14.7. The molecule has 8 aromatic rings. The van der Waals surface area contributed by atoms with Gasteiger partial charge in [0.15, 0.2) is 0 Å². The molecule has 0 fully saturated rings. The van der Waals surface area contributed by atoms with Crippen LogP contribution in [0.5, 0.6) is 0 Å². The van der Waals surface area contributed by atoms with Crippen LogP contribution in [0.3, 0.4) is 0 Å². The van der Waals surface area contributed by atoms with E-state index < -0.39 is 0 Å². The second-order valence-corrected chi connectivity index (χ2v) is 17.3. The van der Waals surface area contributed by atoms with Gasteiger partial charge in [-0.1, -0.05) is 157 Å². The Labute approximate surface area is 312 Å². The van der Waals surface area contributed by atoms with Gasteiger partial charge in [-0.25, -0.2) is 0 Å². The third kappa shape index (κ3) is 3.54. The maximum Gasteiger partial charge on any atom is 0.0725 e. The second kappa shape index (κ2) is 10.1. The molecule has 3 aliphatic rings. The quantitative estimate of drug-likeness (QED) is 0.171. The molecule has 0 saturated carbocycles. The number of benzene rings is 7. The Kier molecular flexibility index (Phi) is 5.87. The summed E-state index contributed by atoms with van der Waals surface area (Å²) >= 11 is 0. The van der Waals surface area contributed by atoms with E-state index in [-0.39, 0.29) is 21.7 Å². The smallest absolute Gasteiger partial charge is 0.0725 e. The van der Waals surface area contributed by atoms with Crippen LogP contribution in [-0.2, 0) is 16.2 Å². The average molecular weight is 682 g/mol. The van der Waals surface area contributed by atoms with Crippen LogP contribution in [0.1, 0.15) is 74.9 Å². The maximum absolute atomic E-state index is 2.55. The molecule has 0 saturated heterocycles. The minimum absolute atomic E-state index is 0.0188. The summed E-state index contributed by atoms with van der Waals surface area (Å²) in [5.41, 5.74) is 19.9. The Hall–Kier alpha value is -5.66. The zero-order valence-electron chi connectivity index (χ0n) is 31.4. The van der Waals surface area contributed by atoms with E-state index in [0.717, 1.165) is 0 Å². The third-order valence-corrected chi connectivity index (χ3v) is 14.7. The number of para-hydroxylation sites is 1. The molecule has 1 spiro atoms. The molecular formula is C52H43N. The van der Waals surface area contributed by atoms with E-state index in [9.17, 15) is 0 Å². The lowest BCUT2D eigenvalue weighted by atomic mass is 9.59. The van der Waals surface area contributed by atoms with E-state index in [2.05, 4.69) is 198 Å². The Morgan fingerprint density at radius 2 is 0.887 bits per heavy atom. The van der Waals surface area contributed by atoms with E-state index >= 15 is 0 Å². The number of hydrogen-bond acceptors (Lipinski definition) is 0. The summed E-state index contributed by atoms with van der Waals surface area (Å²) in [6.07, 6.45) is 0. The Morgan fingerprint density at radius 1 is 0.377 bits per heavy atom. The molecule has 1 aromatic heterocycles. The normalized spacial score (nSPS) is 17.5. The highest BCUT2D eigenvalue weighted by molar-refractivity contribution is 6.12. The summed E-state index contributed by atoms with van der Waals surface area (Å²) in [5.74, 6) is 0.